The van der Waals surface area contributed by atoms with Gasteiger partial charge in [0.15, 0.2) is 11.5 Å². The molecule has 3 aromatic heterocycles. The average Bonchev–Trinajstić information content (AvgIpc) is 3.59. The molecule has 13 heteroatoms. The number of rotatable bonds is 8. The zero-order chi connectivity index (χ0) is 28.3. The zero-order valence-corrected chi connectivity index (χ0v) is 22.9. The van der Waals surface area contributed by atoms with Gasteiger partial charge in [0.25, 0.3) is 5.91 Å². The minimum absolute atomic E-state index is 0.167. The molecular weight excluding hydrogens is 549 g/mol. The van der Waals surface area contributed by atoms with E-state index in [1.54, 1.807) is 24.4 Å². The number of aromatic amines is 1. The Kier molecular flexibility index (Phi) is 7.49. The van der Waals surface area contributed by atoms with Gasteiger partial charge in [-0.05, 0) is 55.7 Å². The smallest absolute Gasteiger partial charge is 0.257 e. The lowest BCUT2D eigenvalue weighted by atomic mass is 10.1. The van der Waals surface area contributed by atoms with Crippen molar-refractivity contribution in [2.24, 2.45) is 0 Å². The first-order valence-electron chi connectivity index (χ1n) is 13.1. The number of nitrogens with one attached hydrogen (secondary N) is 4. The van der Waals surface area contributed by atoms with Crippen LogP contribution in [0.4, 0.5) is 27.7 Å². The fourth-order valence-electron chi connectivity index (χ4n) is 4.70. The van der Waals surface area contributed by atoms with Gasteiger partial charge in [0.05, 0.1) is 28.2 Å². The van der Waals surface area contributed by atoms with Crippen molar-refractivity contribution >= 4 is 51.8 Å². The van der Waals surface area contributed by atoms with Crippen LogP contribution in [-0.4, -0.2) is 49.1 Å². The number of fused-ring (bicyclic) bond motifs is 1. The van der Waals surface area contributed by atoms with Crippen molar-refractivity contribution in [1.29, 1.82) is 0 Å². The lowest BCUT2D eigenvalue weighted by molar-refractivity contribution is 0.0673. The molecule has 0 spiro atoms. The highest BCUT2D eigenvalue weighted by Gasteiger charge is 2.22. The van der Waals surface area contributed by atoms with Crippen molar-refractivity contribution in [3.05, 3.63) is 82.4 Å². The Balaban J connectivity index is 1.26. The lowest BCUT2D eigenvalue weighted by Gasteiger charge is -2.22. The van der Waals surface area contributed by atoms with Crippen LogP contribution in [0.3, 0.4) is 0 Å². The molecule has 0 radical (unpaired) electrons. The summed E-state index contributed by atoms with van der Waals surface area (Å²) in [6.07, 6.45) is 3.45. The molecule has 1 saturated heterocycles. The summed E-state index contributed by atoms with van der Waals surface area (Å²) in [5.41, 5.74) is 2.98. The maximum atomic E-state index is 13.6. The summed E-state index contributed by atoms with van der Waals surface area (Å²) in [5.74, 6) is 0.675. The first-order chi connectivity index (χ1) is 19.9. The van der Waals surface area contributed by atoms with Crippen LogP contribution in [0.15, 0.2) is 54.7 Å². The number of aromatic nitrogens is 6. The van der Waals surface area contributed by atoms with Crippen LogP contribution in [0.5, 0.6) is 0 Å². The van der Waals surface area contributed by atoms with Crippen molar-refractivity contribution < 1.29 is 13.9 Å². The second kappa shape index (κ2) is 11.5. The standard InChI is InChI=1S/C28H27ClFN9O2/c1-16-11-24(38-37-16)34-25-22-15-32-39(20-7-9-41-10-8-20)26(22)36-28(35-25)31-14-17-5-6-23(29)21(12-17)27(40)33-19-4-2-3-18(30)13-19/h2-6,11-13,15,20H,7-10,14H2,1H3,(H,33,40)(H3,31,34,35,36,37,38). The van der Waals surface area contributed by atoms with Crippen molar-refractivity contribution in [3.8, 4) is 0 Å². The van der Waals surface area contributed by atoms with Gasteiger partial charge < -0.3 is 20.7 Å². The van der Waals surface area contributed by atoms with Gasteiger partial charge in [-0.25, -0.2) is 9.07 Å². The van der Waals surface area contributed by atoms with Crippen LogP contribution in [0.2, 0.25) is 5.02 Å². The van der Waals surface area contributed by atoms with Gasteiger partial charge >= 0.3 is 0 Å². The molecule has 11 nitrogen and oxygen atoms in total. The summed E-state index contributed by atoms with van der Waals surface area (Å²) in [6, 6.07) is 12.9. The van der Waals surface area contributed by atoms with E-state index < -0.39 is 11.7 Å². The monoisotopic (exact) mass is 575 g/mol. The summed E-state index contributed by atoms with van der Waals surface area (Å²) in [4.78, 5) is 22.4. The van der Waals surface area contributed by atoms with Gasteiger partial charge in [-0.2, -0.15) is 20.2 Å². The van der Waals surface area contributed by atoms with E-state index in [1.807, 2.05) is 23.7 Å². The number of nitrogens with zero attached hydrogens (tertiary/aromatic N) is 5. The number of carbonyl (C=O) groups excluding carboxylic acids is 1. The molecule has 1 aliphatic rings. The summed E-state index contributed by atoms with van der Waals surface area (Å²) in [6.45, 7) is 3.58. The van der Waals surface area contributed by atoms with Crippen LogP contribution >= 0.6 is 11.6 Å². The van der Waals surface area contributed by atoms with Gasteiger partial charge in [0.1, 0.15) is 11.6 Å². The molecule has 0 unspecified atom stereocenters. The average molecular weight is 576 g/mol. The Morgan fingerprint density at radius 1 is 1.17 bits per heavy atom. The molecule has 0 atom stereocenters. The van der Waals surface area contributed by atoms with Crippen molar-refractivity contribution in [3.63, 3.8) is 0 Å². The number of benzene rings is 2. The number of hydrogen-bond donors (Lipinski definition) is 4. The van der Waals surface area contributed by atoms with E-state index in [-0.39, 0.29) is 16.6 Å². The SMILES string of the molecule is Cc1cc(Nc2nc(NCc3ccc(Cl)c(C(=O)Nc4cccc(F)c4)c3)nc3c2cnn3C2CCOCC2)n[nH]1. The number of amides is 1. The molecule has 0 bridgehead atoms. The van der Waals surface area contributed by atoms with E-state index in [9.17, 15) is 9.18 Å². The van der Waals surface area contributed by atoms with Crippen LogP contribution in [0, 0.1) is 12.7 Å². The predicted octanol–water partition coefficient (Wildman–Crippen LogP) is 5.61. The largest absolute Gasteiger partial charge is 0.381 e. The predicted molar refractivity (Wildman–Crippen MR) is 154 cm³/mol. The second-order valence-electron chi connectivity index (χ2n) is 9.76. The maximum absolute atomic E-state index is 13.6. The molecule has 0 saturated carbocycles. The molecule has 1 amide bonds. The molecule has 41 heavy (non-hydrogen) atoms. The molecule has 4 heterocycles. The minimum atomic E-state index is -0.446. The minimum Gasteiger partial charge on any atom is -0.381 e. The highest BCUT2D eigenvalue weighted by atomic mass is 35.5. The normalized spacial score (nSPS) is 13.8. The quantitative estimate of drug-likeness (QED) is 0.187. The summed E-state index contributed by atoms with van der Waals surface area (Å²) >= 11 is 6.33. The third-order valence-corrected chi connectivity index (χ3v) is 7.08. The number of ether oxygens (including phenoxy) is 1. The second-order valence-corrected chi connectivity index (χ2v) is 10.2. The van der Waals surface area contributed by atoms with Gasteiger partial charge in [-0.3, -0.25) is 9.89 Å². The number of H-pyrrole nitrogens is 1. The van der Waals surface area contributed by atoms with E-state index in [0.29, 0.717) is 48.7 Å². The van der Waals surface area contributed by atoms with Gasteiger partial charge in [0.2, 0.25) is 5.95 Å². The molecule has 210 valence electrons. The Morgan fingerprint density at radius 2 is 2.02 bits per heavy atom. The molecule has 4 N–H and O–H groups in total. The fraction of sp³-hybridized carbons (Fsp3) is 0.250. The van der Waals surface area contributed by atoms with Gasteiger partial charge in [-0.1, -0.05) is 23.7 Å². The van der Waals surface area contributed by atoms with E-state index in [1.165, 1.54) is 18.2 Å². The third kappa shape index (κ3) is 5.98. The van der Waals surface area contributed by atoms with E-state index in [4.69, 9.17) is 26.3 Å². The fourth-order valence-corrected chi connectivity index (χ4v) is 4.91. The third-order valence-electron chi connectivity index (χ3n) is 6.75. The molecule has 6 rings (SSSR count). The Bertz CT molecular complexity index is 1710. The van der Waals surface area contributed by atoms with Crippen molar-refractivity contribution in [1.82, 2.24) is 29.9 Å². The van der Waals surface area contributed by atoms with Crippen LogP contribution in [0.1, 0.15) is 40.5 Å². The first kappa shape index (κ1) is 26.7. The van der Waals surface area contributed by atoms with E-state index in [2.05, 4.69) is 31.2 Å². The topological polar surface area (TPSA) is 135 Å². The van der Waals surface area contributed by atoms with Crippen molar-refractivity contribution in [2.75, 3.05) is 29.2 Å². The molecule has 1 aliphatic heterocycles. The number of hydrogen-bond acceptors (Lipinski definition) is 8. The number of carbonyl (C=O) groups is 1. The maximum Gasteiger partial charge on any atom is 0.257 e. The van der Waals surface area contributed by atoms with Crippen LogP contribution in [0.25, 0.3) is 11.0 Å². The molecule has 1 fully saturated rings. The van der Waals surface area contributed by atoms with E-state index in [0.717, 1.165) is 29.5 Å². The number of halogens is 2. The molecule has 2 aromatic carbocycles. The van der Waals surface area contributed by atoms with Crippen molar-refractivity contribution in [2.45, 2.75) is 32.4 Å². The Labute approximate surface area is 239 Å². The lowest BCUT2D eigenvalue weighted by Crippen LogP contribution is -2.21. The summed E-state index contributed by atoms with van der Waals surface area (Å²) in [7, 11) is 0. The summed E-state index contributed by atoms with van der Waals surface area (Å²) in [5, 5.41) is 22.1. The highest BCUT2D eigenvalue weighted by Crippen LogP contribution is 2.30. The van der Waals surface area contributed by atoms with E-state index >= 15 is 0 Å². The first-order valence-corrected chi connectivity index (χ1v) is 13.5. The number of aryl methyl sites for hydroxylation is 1. The molecular formula is C28H27ClFN9O2. The zero-order valence-electron chi connectivity index (χ0n) is 22.1. The molecule has 5 aromatic rings. The molecule has 0 aliphatic carbocycles. The van der Waals surface area contributed by atoms with Crippen LogP contribution in [-0.2, 0) is 11.3 Å². The summed E-state index contributed by atoms with van der Waals surface area (Å²) < 4.78 is 21.0. The van der Waals surface area contributed by atoms with Crippen LogP contribution < -0.4 is 16.0 Å². The Hall–Kier alpha value is -4.55. The van der Waals surface area contributed by atoms with Gasteiger partial charge in [0, 0.05) is 37.2 Å². The number of anilines is 4. The highest BCUT2D eigenvalue weighted by molar-refractivity contribution is 6.34. The Morgan fingerprint density at radius 3 is 2.80 bits per heavy atom. The van der Waals surface area contributed by atoms with Gasteiger partial charge in [-0.15, -0.1) is 0 Å².